The van der Waals surface area contributed by atoms with Crippen LogP contribution in [0.5, 0.6) is 11.5 Å². The van der Waals surface area contributed by atoms with E-state index in [0.29, 0.717) is 23.3 Å². The fraction of sp³-hybridized carbons (Fsp3) is 0.136. The van der Waals surface area contributed by atoms with Crippen LogP contribution in [0.25, 0.3) is 16.5 Å². The number of hydrogen-bond acceptors (Lipinski definition) is 3. The van der Waals surface area contributed by atoms with Gasteiger partial charge in [-0.25, -0.2) is 0 Å². The van der Waals surface area contributed by atoms with Crippen LogP contribution in [0.1, 0.15) is 11.3 Å². The fourth-order valence-electron chi connectivity index (χ4n) is 3.26. The summed E-state index contributed by atoms with van der Waals surface area (Å²) in [6, 6.07) is 17.8. The molecule has 2 heterocycles. The molecule has 0 saturated carbocycles. The van der Waals surface area contributed by atoms with Crippen molar-refractivity contribution in [3.63, 3.8) is 0 Å². The molecule has 1 N–H and O–H groups in total. The Morgan fingerprint density at radius 3 is 2.26 bits per heavy atom. The number of nitrogens with one attached hydrogen (secondary N) is 1. The topological polar surface area (TPSA) is 56.2 Å². The van der Waals surface area contributed by atoms with Crippen molar-refractivity contribution >= 4 is 10.8 Å². The summed E-state index contributed by atoms with van der Waals surface area (Å²) < 4.78 is 12.7. The summed E-state index contributed by atoms with van der Waals surface area (Å²) in [5, 5.41) is 1.41. The number of methoxy groups -OCH3 is 2. The second kappa shape index (κ2) is 7.03. The van der Waals surface area contributed by atoms with Crippen LogP contribution < -0.4 is 15.0 Å². The first-order valence-electron chi connectivity index (χ1n) is 8.68. The fourth-order valence-corrected chi connectivity index (χ4v) is 3.26. The number of aromatic amines is 1. The molecule has 0 atom stereocenters. The molecule has 4 aromatic rings. The predicted octanol–water partition coefficient (Wildman–Crippen LogP) is 3.93. The molecule has 0 aliphatic carbocycles. The molecule has 2 aromatic carbocycles. The Kier molecular flexibility index (Phi) is 4.42. The number of aromatic nitrogens is 2. The highest BCUT2D eigenvalue weighted by Gasteiger charge is 2.10. The number of rotatable bonds is 5. The molecular weight excluding hydrogens is 340 g/mol. The van der Waals surface area contributed by atoms with E-state index in [-0.39, 0.29) is 5.56 Å². The van der Waals surface area contributed by atoms with E-state index in [1.165, 1.54) is 0 Å². The highest BCUT2D eigenvalue weighted by Crippen LogP contribution is 2.31. The van der Waals surface area contributed by atoms with Crippen molar-refractivity contribution in [2.75, 3.05) is 14.2 Å². The van der Waals surface area contributed by atoms with Crippen LogP contribution in [0.3, 0.4) is 0 Å². The third-order valence-corrected chi connectivity index (χ3v) is 4.64. The lowest BCUT2D eigenvalue weighted by atomic mass is 10.1. The zero-order chi connectivity index (χ0) is 18.8. The monoisotopic (exact) mass is 360 g/mol. The lowest BCUT2D eigenvalue weighted by molar-refractivity contribution is 0.356. The molecule has 0 spiro atoms. The van der Waals surface area contributed by atoms with E-state index in [4.69, 9.17) is 9.47 Å². The summed E-state index contributed by atoms with van der Waals surface area (Å²) in [6.45, 7) is 0. The maximum atomic E-state index is 12.5. The van der Waals surface area contributed by atoms with Gasteiger partial charge in [-0.15, -0.1) is 0 Å². The average molecular weight is 360 g/mol. The normalized spacial score (nSPS) is 10.9. The van der Waals surface area contributed by atoms with Crippen LogP contribution in [0.15, 0.2) is 71.8 Å². The lowest BCUT2D eigenvalue weighted by Gasteiger charge is -2.10. The van der Waals surface area contributed by atoms with Gasteiger partial charge in [-0.3, -0.25) is 4.79 Å². The molecule has 2 aromatic heterocycles. The van der Waals surface area contributed by atoms with Gasteiger partial charge >= 0.3 is 0 Å². The molecule has 0 unspecified atom stereocenters. The van der Waals surface area contributed by atoms with E-state index in [2.05, 4.69) is 33.8 Å². The summed E-state index contributed by atoms with van der Waals surface area (Å²) in [7, 11) is 3.15. The van der Waals surface area contributed by atoms with Gasteiger partial charge in [-0.05, 0) is 53.4 Å². The van der Waals surface area contributed by atoms with Crippen molar-refractivity contribution in [1.29, 1.82) is 0 Å². The van der Waals surface area contributed by atoms with Gasteiger partial charge in [0.05, 0.1) is 19.6 Å². The van der Waals surface area contributed by atoms with Crippen molar-refractivity contribution in [2.24, 2.45) is 0 Å². The molecule has 0 amide bonds. The zero-order valence-corrected chi connectivity index (χ0v) is 15.2. The highest BCUT2D eigenvalue weighted by atomic mass is 16.5. The summed E-state index contributed by atoms with van der Waals surface area (Å²) in [4.78, 5) is 15.5. The largest absolute Gasteiger partial charge is 0.493 e. The van der Waals surface area contributed by atoms with Crippen LogP contribution in [0.4, 0.5) is 0 Å². The molecule has 0 fully saturated rings. The average Bonchev–Trinajstić information content (AvgIpc) is 3.22. The molecule has 0 saturated heterocycles. The minimum Gasteiger partial charge on any atom is -0.493 e. The van der Waals surface area contributed by atoms with E-state index in [1.54, 1.807) is 20.3 Å². The SMILES string of the molecule is COc1cc2cc(Cc3ccc(-n4cccc4)cc3)[nH]c(=O)c2cc1OC. The Balaban J connectivity index is 1.66. The van der Waals surface area contributed by atoms with Gasteiger partial charge in [0.2, 0.25) is 0 Å². The number of H-pyrrole nitrogens is 1. The van der Waals surface area contributed by atoms with Crippen LogP contribution in [-0.4, -0.2) is 23.8 Å². The van der Waals surface area contributed by atoms with Gasteiger partial charge in [0.1, 0.15) is 0 Å². The zero-order valence-electron chi connectivity index (χ0n) is 15.2. The molecule has 0 aliphatic rings. The number of nitrogens with zero attached hydrogens (tertiary/aromatic N) is 1. The van der Waals surface area contributed by atoms with Crippen LogP contribution in [0.2, 0.25) is 0 Å². The van der Waals surface area contributed by atoms with E-state index in [1.807, 2.05) is 36.7 Å². The highest BCUT2D eigenvalue weighted by molar-refractivity contribution is 5.85. The maximum absolute atomic E-state index is 12.5. The molecule has 27 heavy (non-hydrogen) atoms. The van der Waals surface area contributed by atoms with Gasteiger partial charge < -0.3 is 19.0 Å². The molecule has 0 aliphatic heterocycles. The molecule has 136 valence electrons. The van der Waals surface area contributed by atoms with E-state index in [0.717, 1.165) is 22.3 Å². The Morgan fingerprint density at radius 1 is 0.926 bits per heavy atom. The summed E-state index contributed by atoms with van der Waals surface area (Å²) in [6.07, 6.45) is 4.67. The van der Waals surface area contributed by atoms with Crippen LogP contribution in [-0.2, 0) is 6.42 Å². The quantitative estimate of drug-likeness (QED) is 0.587. The minimum absolute atomic E-state index is 0.132. The maximum Gasteiger partial charge on any atom is 0.256 e. The molecule has 0 bridgehead atoms. The Morgan fingerprint density at radius 2 is 1.59 bits per heavy atom. The first-order valence-corrected chi connectivity index (χ1v) is 8.68. The molecule has 0 radical (unpaired) electrons. The van der Waals surface area contributed by atoms with Gasteiger partial charge in [0.25, 0.3) is 5.56 Å². The van der Waals surface area contributed by atoms with E-state index >= 15 is 0 Å². The Bertz CT molecular complexity index is 1130. The predicted molar refractivity (Wildman–Crippen MR) is 106 cm³/mol. The summed E-state index contributed by atoms with van der Waals surface area (Å²) in [5.74, 6) is 1.15. The Labute approximate surface area is 156 Å². The van der Waals surface area contributed by atoms with E-state index < -0.39 is 0 Å². The van der Waals surface area contributed by atoms with Crippen LogP contribution >= 0.6 is 0 Å². The third kappa shape index (κ3) is 3.31. The van der Waals surface area contributed by atoms with Crippen molar-refractivity contribution in [1.82, 2.24) is 9.55 Å². The van der Waals surface area contributed by atoms with Crippen molar-refractivity contribution in [2.45, 2.75) is 6.42 Å². The second-order valence-corrected chi connectivity index (χ2v) is 6.35. The number of benzene rings is 2. The van der Waals surface area contributed by atoms with Gasteiger partial charge in [0.15, 0.2) is 11.5 Å². The minimum atomic E-state index is -0.132. The van der Waals surface area contributed by atoms with Crippen molar-refractivity contribution in [3.05, 3.63) is 88.6 Å². The summed E-state index contributed by atoms with van der Waals surface area (Å²) >= 11 is 0. The third-order valence-electron chi connectivity index (χ3n) is 4.64. The van der Waals surface area contributed by atoms with Crippen LogP contribution in [0, 0.1) is 0 Å². The summed E-state index contributed by atoms with van der Waals surface area (Å²) in [5.41, 5.74) is 2.95. The van der Waals surface area contributed by atoms with Gasteiger partial charge in [-0.2, -0.15) is 0 Å². The standard InChI is InChI=1S/C22H20N2O3/c1-26-20-13-16-12-17(23-22(25)19(16)14-21(20)27-2)11-15-5-7-18(8-6-15)24-9-3-4-10-24/h3-10,12-14H,11H2,1-2H3,(H,23,25). The molecule has 5 heteroatoms. The first kappa shape index (κ1) is 17.0. The first-order chi connectivity index (χ1) is 13.2. The molecule has 5 nitrogen and oxygen atoms in total. The van der Waals surface area contributed by atoms with E-state index in [9.17, 15) is 4.79 Å². The number of hydrogen-bond donors (Lipinski definition) is 1. The molecular formula is C22H20N2O3. The van der Waals surface area contributed by atoms with Gasteiger partial charge in [0, 0.05) is 30.2 Å². The van der Waals surface area contributed by atoms with Gasteiger partial charge in [-0.1, -0.05) is 12.1 Å². The smallest absolute Gasteiger partial charge is 0.256 e. The number of fused-ring (bicyclic) bond motifs is 1. The Hall–Kier alpha value is -3.47. The molecule has 4 rings (SSSR count). The number of pyridine rings is 1. The van der Waals surface area contributed by atoms with Crippen molar-refractivity contribution < 1.29 is 9.47 Å². The number of ether oxygens (including phenoxy) is 2. The lowest BCUT2D eigenvalue weighted by Crippen LogP contribution is -2.10. The van der Waals surface area contributed by atoms with Crippen molar-refractivity contribution in [3.8, 4) is 17.2 Å². The second-order valence-electron chi connectivity index (χ2n) is 6.35.